The van der Waals surface area contributed by atoms with E-state index in [9.17, 15) is 49.8 Å². The first-order chi connectivity index (χ1) is 26.1. The molecule has 1 fully saturated rings. The number of phenolic OH excluding ortho intramolecular Hbond substituents is 1. The molecular formula is C40H38N2O13. The summed E-state index contributed by atoms with van der Waals surface area (Å²) in [7, 11) is 0. The highest BCUT2D eigenvalue weighted by molar-refractivity contribution is 6.31. The highest BCUT2D eigenvalue weighted by Crippen LogP contribution is 2.45. The van der Waals surface area contributed by atoms with E-state index < -0.39 is 83.3 Å². The fourth-order valence-corrected chi connectivity index (χ4v) is 6.84. The third-order valence-corrected chi connectivity index (χ3v) is 9.61. The lowest BCUT2D eigenvalue weighted by molar-refractivity contribution is -0.371. The average Bonchev–Trinajstić information content (AvgIpc) is 3.15. The number of benzene rings is 4. The van der Waals surface area contributed by atoms with Gasteiger partial charge in [-0.2, -0.15) is 0 Å². The molecule has 0 saturated carbocycles. The van der Waals surface area contributed by atoms with Crippen LogP contribution in [0.25, 0.3) is 12.2 Å². The number of phenols is 1. The molecule has 4 aromatic carbocycles. The fourth-order valence-electron chi connectivity index (χ4n) is 6.84. The Morgan fingerprint density at radius 2 is 1.62 bits per heavy atom. The molecule has 0 radical (unpaired) electrons. The van der Waals surface area contributed by atoms with Crippen LogP contribution >= 0.6 is 0 Å². The van der Waals surface area contributed by atoms with E-state index >= 15 is 0 Å². The Hall–Kier alpha value is -5.62. The van der Waals surface area contributed by atoms with Crippen molar-refractivity contribution < 1.29 is 64.0 Å². The molecule has 1 heterocycles. The summed E-state index contributed by atoms with van der Waals surface area (Å²) in [6, 6.07) is 15.8. The standard InChI is InChI=1S/C40H38N2O13/c1-18-36(49)40(51,52)37(50)39(53-18)55-29-15-26-32(33(46)25(29)13-21-9-6-10-23(38(41)42)27(21)17-44)35(48)30-22(16-43)14-28(54-19(2)45)24(31(30)34(26)47)12-11-20-7-4-3-5-8-20/h3-12,14-15,17-18,36-39,43,46,49-52H,13,16,41-42H2,1-2H3/b12-11+/t18-,36+,37-,39+/m0/s1. The van der Waals surface area contributed by atoms with Crippen LogP contribution in [-0.4, -0.2) is 84.9 Å². The van der Waals surface area contributed by atoms with Gasteiger partial charge in [0.2, 0.25) is 12.1 Å². The Morgan fingerprint density at radius 3 is 2.25 bits per heavy atom. The predicted molar refractivity (Wildman–Crippen MR) is 194 cm³/mol. The van der Waals surface area contributed by atoms with E-state index in [-0.39, 0.29) is 56.7 Å². The molecule has 15 heteroatoms. The van der Waals surface area contributed by atoms with E-state index in [1.807, 2.05) is 0 Å². The topological polar surface area (TPSA) is 269 Å². The Morgan fingerprint density at radius 1 is 0.909 bits per heavy atom. The molecule has 55 heavy (non-hydrogen) atoms. The van der Waals surface area contributed by atoms with Crippen LogP contribution in [0.15, 0.2) is 60.7 Å². The highest BCUT2D eigenvalue weighted by atomic mass is 16.7. The minimum atomic E-state index is -3.13. The van der Waals surface area contributed by atoms with Gasteiger partial charge in [0.25, 0.3) is 0 Å². The first-order valence-electron chi connectivity index (χ1n) is 17.0. The molecule has 2 aliphatic rings. The van der Waals surface area contributed by atoms with Crippen molar-refractivity contribution in [3.05, 3.63) is 122 Å². The second-order valence-electron chi connectivity index (χ2n) is 13.2. The second kappa shape index (κ2) is 15.3. The van der Waals surface area contributed by atoms with Gasteiger partial charge in [-0.15, -0.1) is 0 Å². The zero-order valence-electron chi connectivity index (χ0n) is 29.5. The number of hydrogen-bond donors (Lipinski definition) is 8. The Labute approximate surface area is 313 Å². The molecule has 4 aromatic rings. The predicted octanol–water partition coefficient (Wildman–Crippen LogP) is 1.60. The van der Waals surface area contributed by atoms with E-state index in [1.165, 1.54) is 31.2 Å². The number of ketones is 2. The molecule has 286 valence electrons. The van der Waals surface area contributed by atoms with Crippen LogP contribution in [0.4, 0.5) is 0 Å². The number of carbonyl (C=O) groups is 4. The second-order valence-corrected chi connectivity index (χ2v) is 13.2. The van der Waals surface area contributed by atoms with Crippen molar-refractivity contribution in [2.24, 2.45) is 11.5 Å². The first kappa shape index (κ1) is 39.1. The van der Waals surface area contributed by atoms with Gasteiger partial charge < -0.3 is 56.3 Å². The van der Waals surface area contributed by atoms with Crippen LogP contribution in [0, 0.1) is 0 Å². The SMILES string of the molecule is CC(=O)Oc1cc(CO)c2c(c1/C=C/c1ccccc1)C(=O)c1cc(O[C@H]3O[C@@H](C)[C@@H](O)C(O)(O)[C@H]3O)c(Cc3cccc(C(N)N)c3C=O)c(O)c1C2=O. The molecule has 6 rings (SSSR count). The third-order valence-electron chi connectivity index (χ3n) is 9.61. The summed E-state index contributed by atoms with van der Waals surface area (Å²) in [5.41, 5.74) is 11.3. The molecule has 0 unspecified atom stereocenters. The molecule has 4 atom stereocenters. The van der Waals surface area contributed by atoms with Crippen molar-refractivity contribution in [1.29, 1.82) is 0 Å². The van der Waals surface area contributed by atoms with Crippen molar-refractivity contribution in [1.82, 2.24) is 0 Å². The van der Waals surface area contributed by atoms with Crippen LogP contribution in [0.3, 0.4) is 0 Å². The molecule has 15 nitrogen and oxygen atoms in total. The lowest BCUT2D eigenvalue weighted by atomic mass is 9.77. The van der Waals surface area contributed by atoms with Gasteiger partial charge in [0, 0.05) is 46.7 Å². The number of hydrogen-bond acceptors (Lipinski definition) is 15. The van der Waals surface area contributed by atoms with Crippen molar-refractivity contribution in [3.8, 4) is 17.2 Å². The summed E-state index contributed by atoms with van der Waals surface area (Å²) in [5.74, 6) is -6.98. The minimum absolute atomic E-state index is 0.00560. The summed E-state index contributed by atoms with van der Waals surface area (Å²) in [6.07, 6.45) is -5.39. The number of nitrogens with two attached hydrogens (primary N) is 2. The minimum Gasteiger partial charge on any atom is -0.507 e. The number of aromatic hydroxyl groups is 1. The number of carbonyl (C=O) groups excluding carboxylic acids is 4. The van der Waals surface area contributed by atoms with Crippen LogP contribution in [0.1, 0.15) is 95.6 Å². The number of aldehydes is 1. The number of fused-ring (bicyclic) bond motifs is 2. The van der Waals surface area contributed by atoms with Gasteiger partial charge >= 0.3 is 5.97 Å². The largest absolute Gasteiger partial charge is 0.507 e. The van der Waals surface area contributed by atoms with Crippen LogP contribution in [0.5, 0.6) is 17.2 Å². The van der Waals surface area contributed by atoms with Gasteiger partial charge in [0.1, 0.15) is 23.4 Å². The molecule has 0 spiro atoms. The van der Waals surface area contributed by atoms with Gasteiger partial charge in [0.05, 0.1) is 24.4 Å². The van der Waals surface area contributed by atoms with Gasteiger partial charge in [-0.05, 0) is 47.4 Å². The Bertz CT molecular complexity index is 2230. The maximum absolute atomic E-state index is 14.7. The van der Waals surface area contributed by atoms with Gasteiger partial charge in [-0.25, -0.2) is 0 Å². The molecule has 10 N–H and O–H groups in total. The third kappa shape index (κ3) is 7.06. The lowest BCUT2D eigenvalue weighted by Crippen LogP contribution is -2.67. The molecule has 0 aromatic heterocycles. The number of aliphatic hydroxyl groups excluding tert-OH is 3. The van der Waals surface area contributed by atoms with Crippen molar-refractivity contribution in [2.75, 3.05) is 0 Å². The van der Waals surface area contributed by atoms with Crippen LogP contribution in [0.2, 0.25) is 0 Å². The monoisotopic (exact) mass is 754 g/mol. The Balaban J connectivity index is 1.60. The summed E-state index contributed by atoms with van der Waals surface area (Å²) < 4.78 is 17.0. The summed E-state index contributed by atoms with van der Waals surface area (Å²) >= 11 is 0. The maximum atomic E-state index is 14.7. The van der Waals surface area contributed by atoms with Crippen molar-refractivity contribution in [2.45, 2.75) is 63.4 Å². The zero-order chi connectivity index (χ0) is 39.9. The number of rotatable bonds is 10. The maximum Gasteiger partial charge on any atom is 0.308 e. The number of aliphatic hydroxyl groups is 5. The fraction of sp³-hybridized carbons (Fsp3) is 0.250. The van der Waals surface area contributed by atoms with E-state index in [0.29, 0.717) is 11.8 Å². The zero-order valence-corrected chi connectivity index (χ0v) is 29.5. The van der Waals surface area contributed by atoms with Crippen molar-refractivity contribution >= 4 is 36.0 Å². The van der Waals surface area contributed by atoms with Crippen LogP contribution < -0.4 is 20.9 Å². The van der Waals surface area contributed by atoms with Crippen molar-refractivity contribution in [3.63, 3.8) is 0 Å². The molecule has 0 bridgehead atoms. The van der Waals surface area contributed by atoms with E-state index in [2.05, 4.69) is 0 Å². The highest BCUT2D eigenvalue weighted by Gasteiger charge is 2.54. The first-order valence-corrected chi connectivity index (χ1v) is 17.0. The van der Waals surface area contributed by atoms with E-state index in [1.54, 1.807) is 42.5 Å². The Kier molecular flexibility index (Phi) is 10.8. The summed E-state index contributed by atoms with van der Waals surface area (Å²) in [5, 5.41) is 64.7. The summed E-state index contributed by atoms with van der Waals surface area (Å²) in [4.78, 5) is 53.8. The number of ether oxygens (including phenoxy) is 3. The molecule has 1 aliphatic carbocycles. The van der Waals surface area contributed by atoms with E-state index in [0.717, 1.165) is 13.0 Å². The number of esters is 1. The normalized spacial score (nSPS) is 20.3. The van der Waals surface area contributed by atoms with E-state index in [4.69, 9.17) is 25.7 Å². The molecule has 1 saturated heterocycles. The quantitative estimate of drug-likeness (QED) is 0.0331. The van der Waals surface area contributed by atoms with Gasteiger partial charge in [-0.3, -0.25) is 19.2 Å². The molecular weight excluding hydrogens is 716 g/mol. The molecule has 1 aliphatic heterocycles. The van der Waals surface area contributed by atoms with Gasteiger partial charge in [0.15, 0.2) is 24.0 Å². The molecule has 0 amide bonds. The lowest BCUT2D eigenvalue weighted by Gasteiger charge is -2.44. The van der Waals surface area contributed by atoms with Crippen LogP contribution in [-0.2, 0) is 22.6 Å². The average molecular weight is 755 g/mol. The summed E-state index contributed by atoms with van der Waals surface area (Å²) in [6.45, 7) is 1.64. The smallest absolute Gasteiger partial charge is 0.308 e. The van der Waals surface area contributed by atoms with Gasteiger partial charge in [-0.1, -0.05) is 54.6 Å².